The summed E-state index contributed by atoms with van der Waals surface area (Å²) in [5, 5.41) is 2.82. The minimum absolute atomic E-state index is 0.158. The number of esters is 1. The van der Waals surface area contributed by atoms with Crippen LogP contribution in [0.4, 0.5) is 5.69 Å². The number of carbonyl (C=O) groups is 2. The second kappa shape index (κ2) is 8.21. The lowest BCUT2D eigenvalue weighted by Crippen LogP contribution is -2.20. The number of amides is 1. The Labute approximate surface area is 144 Å². The van der Waals surface area contributed by atoms with Gasteiger partial charge in [-0.2, -0.15) is 0 Å². The number of halogens is 1. The molecule has 0 fully saturated rings. The molecule has 7 heteroatoms. The molecule has 126 valence electrons. The monoisotopic (exact) mass is 349 g/mol. The van der Waals surface area contributed by atoms with Crippen LogP contribution in [-0.2, 0) is 9.53 Å². The maximum Gasteiger partial charge on any atom is 0.338 e. The first-order valence-electron chi connectivity index (χ1n) is 6.98. The minimum atomic E-state index is -0.693. The van der Waals surface area contributed by atoms with Gasteiger partial charge in [0, 0.05) is 5.69 Å². The van der Waals surface area contributed by atoms with E-state index in [1.807, 2.05) is 6.07 Å². The molecule has 2 aromatic carbocycles. The van der Waals surface area contributed by atoms with Gasteiger partial charge in [0.25, 0.3) is 5.91 Å². The second-order valence-electron chi connectivity index (χ2n) is 4.68. The van der Waals surface area contributed by atoms with Gasteiger partial charge in [-0.3, -0.25) is 4.79 Å². The topological polar surface area (TPSA) is 73.9 Å². The van der Waals surface area contributed by atoms with Crippen LogP contribution in [0, 0.1) is 0 Å². The third-order valence-electron chi connectivity index (χ3n) is 3.06. The number of anilines is 1. The van der Waals surface area contributed by atoms with E-state index in [0.717, 1.165) is 0 Å². The molecule has 0 aliphatic rings. The predicted octanol–water partition coefficient (Wildman–Crippen LogP) is 3.15. The molecule has 0 unspecified atom stereocenters. The number of rotatable bonds is 6. The molecule has 0 aliphatic carbocycles. The van der Waals surface area contributed by atoms with Crippen LogP contribution in [0.1, 0.15) is 10.4 Å². The van der Waals surface area contributed by atoms with Crippen molar-refractivity contribution in [2.24, 2.45) is 0 Å². The van der Waals surface area contributed by atoms with E-state index in [1.165, 1.54) is 26.4 Å². The fraction of sp³-hybridized carbons (Fsp3) is 0.176. The van der Waals surface area contributed by atoms with Crippen LogP contribution >= 0.6 is 11.6 Å². The third-order valence-corrected chi connectivity index (χ3v) is 3.34. The van der Waals surface area contributed by atoms with Crippen LogP contribution < -0.4 is 14.8 Å². The van der Waals surface area contributed by atoms with E-state index in [1.54, 1.807) is 24.3 Å². The van der Waals surface area contributed by atoms with E-state index in [2.05, 4.69) is 5.32 Å². The molecule has 2 rings (SSSR count). The van der Waals surface area contributed by atoms with Gasteiger partial charge in [0.1, 0.15) is 0 Å². The van der Waals surface area contributed by atoms with Gasteiger partial charge >= 0.3 is 5.97 Å². The fourth-order valence-corrected chi connectivity index (χ4v) is 2.26. The number of hydrogen-bond donors (Lipinski definition) is 1. The lowest BCUT2D eigenvalue weighted by molar-refractivity contribution is -0.119. The van der Waals surface area contributed by atoms with E-state index >= 15 is 0 Å². The highest BCUT2D eigenvalue weighted by molar-refractivity contribution is 6.32. The molecule has 0 saturated carbocycles. The van der Waals surface area contributed by atoms with Crippen molar-refractivity contribution in [2.75, 3.05) is 26.1 Å². The smallest absolute Gasteiger partial charge is 0.338 e. The number of para-hydroxylation sites is 1. The maximum atomic E-state index is 12.1. The van der Waals surface area contributed by atoms with Crippen LogP contribution in [0.5, 0.6) is 11.5 Å². The first kappa shape index (κ1) is 17.6. The van der Waals surface area contributed by atoms with Gasteiger partial charge in [0.15, 0.2) is 18.1 Å². The Morgan fingerprint density at radius 2 is 1.79 bits per heavy atom. The molecule has 1 amide bonds. The lowest BCUT2D eigenvalue weighted by atomic mass is 10.2. The van der Waals surface area contributed by atoms with E-state index in [-0.39, 0.29) is 10.6 Å². The van der Waals surface area contributed by atoms with Crippen molar-refractivity contribution in [3.63, 3.8) is 0 Å². The molecule has 2 aromatic rings. The molecule has 0 atom stereocenters. The molecule has 1 N–H and O–H groups in total. The number of hydrogen-bond acceptors (Lipinski definition) is 5. The van der Waals surface area contributed by atoms with Crippen molar-refractivity contribution in [1.82, 2.24) is 0 Å². The molecule has 0 aliphatic heterocycles. The lowest BCUT2D eigenvalue weighted by Gasteiger charge is -2.11. The van der Waals surface area contributed by atoms with Crippen LogP contribution in [0.3, 0.4) is 0 Å². The van der Waals surface area contributed by atoms with Crippen LogP contribution in [-0.4, -0.2) is 32.7 Å². The normalized spacial score (nSPS) is 9.96. The second-order valence-corrected chi connectivity index (χ2v) is 5.09. The van der Waals surface area contributed by atoms with Crippen LogP contribution in [0.2, 0.25) is 5.02 Å². The summed E-state index contributed by atoms with van der Waals surface area (Å²) in [6, 6.07) is 11.7. The first-order chi connectivity index (χ1) is 11.5. The summed E-state index contributed by atoms with van der Waals surface area (Å²) >= 11 is 6.04. The van der Waals surface area contributed by atoms with Crippen LogP contribution in [0.25, 0.3) is 0 Å². The van der Waals surface area contributed by atoms with Gasteiger partial charge in [-0.1, -0.05) is 29.8 Å². The van der Waals surface area contributed by atoms with E-state index < -0.39 is 18.5 Å². The van der Waals surface area contributed by atoms with Crippen molar-refractivity contribution in [1.29, 1.82) is 0 Å². The van der Waals surface area contributed by atoms with Crippen molar-refractivity contribution >= 4 is 29.2 Å². The van der Waals surface area contributed by atoms with E-state index in [9.17, 15) is 9.59 Å². The van der Waals surface area contributed by atoms with Gasteiger partial charge in [0.2, 0.25) is 0 Å². The average Bonchev–Trinajstić information content (AvgIpc) is 2.59. The molecule has 0 aromatic heterocycles. The van der Waals surface area contributed by atoms with Gasteiger partial charge in [0.05, 0.1) is 24.8 Å². The highest BCUT2D eigenvalue weighted by Crippen LogP contribution is 2.36. The summed E-state index contributed by atoms with van der Waals surface area (Å²) < 4.78 is 15.2. The summed E-state index contributed by atoms with van der Waals surface area (Å²) in [4.78, 5) is 23.8. The number of methoxy groups -OCH3 is 2. The summed E-state index contributed by atoms with van der Waals surface area (Å²) in [6.07, 6.45) is 0. The molecule has 0 spiro atoms. The van der Waals surface area contributed by atoms with Crippen LogP contribution in [0.15, 0.2) is 42.5 Å². The zero-order valence-electron chi connectivity index (χ0n) is 13.2. The van der Waals surface area contributed by atoms with Gasteiger partial charge in [-0.25, -0.2) is 4.79 Å². The largest absolute Gasteiger partial charge is 0.493 e. The highest BCUT2D eigenvalue weighted by atomic mass is 35.5. The Bertz CT molecular complexity index is 733. The molecular formula is C17H16ClNO5. The Hall–Kier alpha value is -2.73. The Balaban J connectivity index is 2.00. The number of ether oxygens (including phenoxy) is 3. The van der Waals surface area contributed by atoms with E-state index in [4.69, 9.17) is 25.8 Å². The first-order valence-corrected chi connectivity index (χ1v) is 7.36. The quantitative estimate of drug-likeness (QED) is 0.811. The zero-order valence-corrected chi connectivity index (χ0v) is 13.9. The zero-order chi connectivity index (χ0) is 17.5. The maximum absolute atomic E-state index is 12.1. The van der Waals surface area contributed by atoms with Crippen molar-refractivity contribution in [2.45, 2.75) is 0 Å². The average molecular weight is 350 g/mol. The van der Waals surface area contributed by atoms with E-state index in [0.29, 0.717) is 17.2 Å². The fourth-order valence-electron chi connectivity index (χ4n) is 1.97. The summed E-state index contributed by atoms with van der Waals surface area (Å²) in [5.41, 5.74) is 0.776. The van der Waals surface area contributed by atoms with Gasteiger partial charge in [-0.15, -0.1) is 0 Å². The van der Waals surface area contributed by atoms with Crippen molar-refractivity contribution in [3.8, 4) is 11.5 Å². The SMILES string of the molecule is COc1cc(C(=O)OCC(=O)Nc2ccccc2)cc(Cl)c1OC. The number of nitrogens with one attached hydrogen (secondary N) is 1. The Kier molecular flexibility index (Phi) is 6.03. The van der Waals surface area contributed by atoms with Gasteiger partial charge in [-0.05, 0) is 24.3 Å². The van der Waals surface area contributed by atoms with Gasteiger partial charge < -0.3 is 19.5 Å². The summed E-state index contributed by atoms with van der Waals surface area (Å²) in [7, 11) is 2.87. The third kappa shape index (κ3) is 4.39. The molecule has 0 heterocycles. The summed E-state index contributed by atoms with van der Waals surface area (Å²) in [5.74, 6) is -0.523. The Morgan fingerprint density at radius 1 is 1.08 bits per heavy atom. The summed E-state index contributed by atoms with van der Waals surface area (Å²) in [6.45, 7) is -0.417. The molecule has 0 saturated heterocycles. The molecule has 0 bridgehead atoms. The number of carbonyl (C=O) groups excluding carboxylic acids is 2. The Morgan fingerprint density at radius 3 is 2.42 bits per heavy atom. The predicted molar refractivity (Wildman–Crippen MR) is 89.9 cm³/mol. The highest BCUT2D eigenvalue weighted by Gasteiger charge is 2.17. The molecule has 0 radical (unpaired) electrons. The number of benzene rings is 2. The molecule has 6 nitrogen and oxygen atoms in total. The van der Waals surface area contributed by atoms with Crippen molar-refractivity contribution < 1.29 is 23.8 Å². The standard InChI is InChI=1S/C17H16ClNO5/c1-22-14-9-11(8-13(18)16(14)23-2)17(21)24-10-15(20)19-12-6-4-3-5-7-12/h3-9H,10H2,1-2H3,(H,19,20). The van der Waals surface area contributed by atoms with Crippen molar-refractivity contribution in [3.05, 3.63) is 53.1 Å². The molecule has 24 heavy (non-hydrogen) atoms. The molecular weight excluding hydrogens is 334 g/mol. The minimum Gasteiger partial charge on any atom is -0.493 e.